The van der Waals surface area contributed by atoms with Gasteiger partial charge in [0.1, 0.15) is 5.69 Å². The number of aryl methyl sites for hydroxylation is 2. The van der Waals surface area contributed by atoms with E-state index in [0.29, 0.717) is 30.5 Å². The third-order valence-electron chi connectivity index (χ3n) is 6.07. The van der Waals surface area contributed by atoms with E-state index in [-0.39, 0.29) is 17.7 Å². The van der Waals surface area contributed by atoms with Crippen LogP contribution in [-0.4, -0.2) is 68.9 Å². The average Bonchev–Trinajstić information content (AvgIpc) is 3.32. The molecule has 8 heteroatoms. The second kappa shape index (κ2) is 8.85. The highest BCUT2D eigenvalue weighted by Gasteiger charge is 2.33. The van der Waals surface area contributed by atoms with Crippen molar-refractivity contribution >= 4 is 11.8 Å². The van der Waals surface area contributed by atoms with Crippen LogP contribution in [0.15, 0.2) is 30.9 Å². The number of hydrogen-bond acceptors (Lipinski definition) is 5. The van der Waals surface area contributed by atoms with Crippen LogP contribution in [0.3, 0.4) is 0 Å². The van der Waals surface area contributed by atoms with Gasteiger partial charge in [-0.05, 0) is 37.3 Å². The lowest BCUT2D eigenvalue weighted by Gasteiger charge is -2.34. The Kier molecular flexibility index (Phi) is 6.01. The van der Waals surface area contributed by atoms with Crippen LogP contribution in [0.5, 0.6) is 5.88 Å². The monoisotopic (exact) mass is 411 g/mol. The number of carbonyl (C=O) groups is 2. The first-order chi connectivity index (χ1) is 14.5. The lowest BCUT2D eigenvalue weighted by molar-refractivity contribution is -0.128. The Hall–Kier alpha value is -2.90. The van der Waals surface area contributed by atoms with E-state index >= 15 is 0 Å². The third kappa shape index (κ3) is 4.63. The molecule has 0 spiro atoms. The number of ether oxygens (including phenoxy) is 1. The van der Waals surface area contributed by atoms with Crippen molar-refractivity contribution in [2.24, 2.45) is 18.9 Å². The van der Waals surface area contributed by atoms with Crippen molar-refractivity contribution in [1.82, 2.24) is 24.3 Å². The van der Waals surface area contributed by atoms with Crippen molar-refractivity contribution in [1.29, 1.82) is 0 Å². The van der Waals surface area contributed by atoms with Crippen LogP contribution in [0.25, 0.3) is 0 Å². The molecule has 0 aromatic carbocycles. The van der Waals surface area contributed by atoms with Gasteiger partial charge in [0.05, 0.1) is 19.1 Å². The number of rotatable bonds is 6. The zero-order valence-corrected chi connectivity index (χ0v) is 17.7. The van der Waals surface area contributed by atoms with Crippen molar-refractivity contribution in [2.45, 2.75) is 26.2 Å². The molecule has 2 aromatic rings. The van der Waals surface area contributed by atoms with E-state index in [2.05, 4.69) is 9.97 Å². The van der Waals surface area contributed by atoms with Crippen LogP contribution >= 0.6 is 0 Å². The standard InChI is InChI=1S/C22H29N5O3/c1-16-3-6-24-20(9-16)30-14-18-10-21(28)27(13-18)12-17-4-7-26(8-5-17)22(29)19-11-23-15-25(19)2/h3,6,9,11,15,17-18H,4-5,7-8,10,12-14H2,1-2H3. The molecule has 2 amide bonds. The van der Waals surface area contributed by atoms with Gasteiger partial charge >= 0.3 is 0 Å². The van der Waals surface area contributed by atoms with Gasteiger partial charge in [0.15, 0.2) is 0 Å². The van der Waals surface area contributed by atoms with Crippen molar-refractivity contribution in [3.8, 4) is 5.88 Å². The number of hydrogen-bond donors (Lipinski definition) is 0. The Bertz CT molecular complexity index is 904. The van der Waals surface area contributed by atoms with Gasteiger partial charge in [-0.15, -0.1) is 0 Å². The minimum Gasteiger partial charge on any atom is -0.477 e. The molecule has 8 nitrogen and oxygen atoms in total. The quantitative estimate of drug-likeness (QED) is 0.725. The van der Waals surface area contributed by atoms with E-state index in [0.717, 1.165) is 44.6 Å². The van der Waals surface area contributed by atoms with Crippen LogP contribution in [0.1, 0.15) is 35.3 Å². The molecular formula is C22H29N5O3. The van der Waals surface area contributed by atoms with E-state index in [9.17, 15) is 9.59 Å². The zero-order chi connectivity index (χ0) is 21.1. The number of carbonyl (C=O) groups excluding carboxylic acids is 2. The average molecular weight is 412 g/mol. The maximum atomic E-state index is 12.6. The van der Waals surface area contributed by atoms with Gasteiger partial charge in [0.25, 0.3) is 5.91 Å². The Balaban J connectivity index is 1.23. The normalized spacial score (nSPS) is 20.1. The van der Waals surface area contributed by atoms with Gasteiger partial charge in [-0.2, -0.15) is 0 Å². The maximum absolute atomic E-state index is 12.6. The number of aromatic nitrogens is 3. The lowest BCUT2D eigenvalue weighted by atomic mass is 9.96. The van der Waals surface area contributed by atoms with Crippen molar-refractivity contribution in [3.63, 3.8) is 0 Å². The molecular weight excluding hydrogens is 382 g/mol. The highest BCUT2D eigenvalue weighted by atomic mass is 16.5. The number of likely N-dealkylation sites (tertiary alicyclic amines) is 2. The maximum Gasteiger partial charge on any atom is 0.272 e. The van der Waals surface area contributed by atoms with Crippen LogP contribution in [-0.2, 0) is 11.8 Å². The molecule has 0 saturated carbocycles. The fraction of sp³-hybridized carbons (Fsp3) is 0.545. The minimum absolute atomic E-state index is 0.0349. The van der Waals surface area contributed by atoms with Crippen LogP contribution in [0.4, 0.5) is 0 Å². The zero-order valence-electron chi connectivity index (χ0n) is 17.7. The predicted octanol–water partition coefficient (Wildman–Crippen LogP) is 1.90. The molecule has 1 atom stereocenters. The first-order valence-corrected chi connectivity index (χ1v) is 10.6. The summed E-state index contributed by atoms with van der Waals surface area (Å²) in [5.41, 5.74) is 1.73. The summed E-state index contributed by atoms with van der Waals surface area (Å²) >= 11 is 0. The molecule has 2 aliphatic heterocycles. The molecule has 0 N–H and O–H groups in total. The Morgan fingerprint density at radius 2 is 2.07 bits per heavy atom. The third-order valence-corrected chi connectivity index (χ3v) is 6.07. The van der Waals surface area contributed by atoms with Crippen molar-refractivity contribution in [2.75, 3.05) is 32.8 Å². The summed E-state index contributed by atoms with van der Waals surface area (Å²) < 4.78 is 7.56. The molecule has 2 fully saturated rings. The second-order valence-corrected chi connectivity index (χ2v) is 8.48. The molecule has 4 rings (SSSR count). The topological polar surface area (TPSA) is 80.6 Å². The second-order valence-electron chi connectivity index (χ2n) is 8.48. The minimum atomic E-state index is 0.0349. The molecule has 0 radical (unpaired) electrons. The molecule has 4 heterocycles. The molecule has 160 valence electrons. The van der Waals surface area contributed by atoms with Crippen molar-refractivity contribution < 1.29 is 14.3 Å². The highest BCUT2D eigenvalue weighted by Crippen LogP contribution is 2.25. The molecule has 2 aliphatic rings. The lowest BCUT2D eigenvalue weighted by Crippen LogP contribution is -2.42. The van der Waals surface area contributed by atoms with E-state index in [1.807, 2.05) is 35.9 Å². The number of piperidine rings is 1. The predicted molar refractivity (Wildman–Crippen MR) is 111 cm³/mol. The summed E-state index contributed by atoms with van der Waals surface area (Å²) in [7, 11) is 1.83. The fourth-order valence-corrected chi connectivity index (χ4v) is 4.29. The first kappa shape index (κ1) is 20.4. The van der Waals surface area contributed by atoms with Crippen LogP contribution in [0, 0.1) is 18.8 Å². The molecule has 0 aliphatic carbocycles. The largest absolute Gasteiger partial charge is 0.477 e. The van der Waals surface area contributed by atoms with Gasteiger partial charge in [-0.1, -0.05) is 0 Å². The van der Waals surface area contributed by atoms with Gasteiger partial charge in [0, 0.05) is 57.8 Å². The van der Waals surface area contributed by atoms with Crippen LogP contribution < -0.4 is 4.74 Å². The Labute approximate surface area is 176 Å². The number of amides is 2. The molecule has 2 aromatic heterocycles. The summed E-state index contributed by atoms with van der Waals surface area (Å²) in [5.74, 6) is 1.49. The van der Waals surface area contributed by atoms with Gasteiger partial charge in [0.2, 0.25) is 11.8 Å². The molecule has 30 heavy (non-hydrogen) atoms. The summed E-state index contributed by atoms with van der Waals surface area (Å²) in [6.07, 6.45) is 7.37. The molecule has 0 bridgehead atoms. The summed E-state index contributed by atoms with van der Waals surface area (Å²) in [5, 5.41) is 0. The summed E-state index contributed by atoms with van der Waals surface area (Å²) in [6.45, 7) is 5.47. The van der Waals surface area contributed by atoms with E-state index < -0.39 is 0 Å². The van der Waals surface area contributed by atoms with Crippen LogP contribution in [0.2, 0.25) is 0 Å². The number of nitrogens with zero attached hydrogens (tertiary/aromatic N) is 5. The molecule has 2 saturated heterocycles. The number of imidazole rings is 1. The fourth-order valence-electron chi connectivity index (χ4n) is 4.29. The van der Waals surface area contributed by atoms with E-state index in [1.54, 1.807) is 23.3 Å². The van der Waals surface area contributed by atoms with Gasteiger partial charge < -0.3 is 19.1 Å². The van der Waals surface area contributed by atoms with E-state index in [1.165, 1.54) is 0 Å². The van der Waals surface area contributed by atoms with E-state index in [4.69, 9.17) is 4.74 Å². The highest BCUT2D eigenvalue weighted by molar-refractivity contribution is 5.92. The molecule has 1 unspecified atom stereocenters. The van der Waals surface area contributed by atoms with Gasteiger partial charge in [-0.25, -0.2) is 9.97 Å². The van der Waals surface area contributed by atoms with Crippen molar-refractivity contribution in [3.05, 3.63) is 42.1 Å². The summed E-state index contributed by atoms with van der Waals surface area (Å²) in [6, 6.07) is 3.85. The smallest absolute Gasteiger partial charge is 0.272 e. The first-order valence-electron chi connectivity index (χ1n) is 10.6. The Morgan fingerprint density at radius 3 is 2.77 bits per heavy atom. The number of pyridine rings is 1. The SMILES string of the molecule is Cc1ccnc(OCC2CC(=O)N(CC3CCN(C(=O)c4cncn4C)CC3)C2)c1. The van der Waals surface area contributed by atoms with Gasteiger partial charge in [-0.3, -0.25) is 9.59 Å². The summed E-state index contributed by atoms with van der Waals surface area (Å²) in [4.78, 5) is 37.2. The Morgan fingerprint density at radius 1 is 1.27 bits per heavy atom.